The number of aliphatic hydroxyl groups excluding tert-OH is 1. The van der Waals surface area contributed by atoms with Crippen molar-refractivity contribution in [2.45, 2.75) is 80.9 Å². The van der Waals surface area contributed by atoms with Crippen molar-refractivity contribution >= 4 is 21.6 Å². The van der Waals surface area contributed by atoms with Gasteiger partial charge in [-0.15, -0.1) is 0 Å². The SMILES string of the molecule is CSS[C@H](C)OC1CC(N2CNC3(C)C4OC4NC(C)(NCN(C)C)NC23)OC1CO. The van der Waals surface area contributed by atoms with Crippen molar-refractivity contribution in [3.63, 3.8) is 0 Å². The first-order valence-electron chi connectivity index (χ1n) is 10.9. The quantitative estimate of drug-likeness (QED) is 0.167. The van der Waals surface area contributed by atoms with Crippen LogP contribution in [0.2, 0.25) is 0 Å². The van der Waals surface area contributed by atoms with Crippen LogP contribution in [0.4, 0.5) is 0 Å². The fourth-order valence-electron chi connectivity index (χ4n) is 4.86. The smallest absolute Gasteiger partial charge is 0.139 e. The Labute approximate surface area is 193 Å². The molecule has 4 fully saturated rings. The second-order valence-corrected chi connectivity index (χ2v) is 12.2. The zero-order valence-corrected chi connectivity index (χ0v) is 20.9. The Hall–Kier alpha value is 0.300. The molecule has 0 radical (unpaired) electrons. The molecule has 0 aromatic rings. The number of ether oxygens (including phenoxy) is 3. The molecule has 0 bridgehead atoms. The second kappa shape index (κ2) is 9.51. The van der Waals surface area contributed by atoms with Gasteiger partial charge in [0.05, 0.1) is 37.8 Å². The maximum absolute atomic E-state index is 9.91. The van der Waals surface area contributed by atoms with Gasteiger partial charge in [0.25, 0.3) is 0 Å². The normalized spacial score (nSPS) is 46.1. The number of nitrogens with one attached hydrogen (secondary N) is 4. The average molecular weight is 479 g/mol. The fourth-order valence-corrected chi connectivity index (χ4v) is 6.27. The van der Waals surface area contributed by atoms with Crippen molar-refractivity contribution in [3.05, 3.63) is 0 Å². The van der Waals surface area contributed by atoms with Crippen LogP contribution < -0.4 is 21.3 Å². The van der Waals surface area contributed by atoms with Gasteiger partial charge < -0.3 is 19.3 Å². The molecular weight excluding hydrogens is 440 g/mol. The van der Waals surface area contributed by atoms with Gasteiger partial charge in [-0.25, -0.2) is 4.90 Å². The van der Waals surface area contributed by atoms with Crippen molar-refractivity contribution in [1.29, 1.82) is 0 Å². The minimum atomic E-state index is -0.509. The first kappa shape index (κ1) is 24.4. The minimum absolute atomic E-state index is 0.00945. The van der Waals surface area contributed by atoms with E-state index in [1.807, 2.05) is 27.3 Å². The van der Waals surface area contributed by atoms with Crippen LogP contribution in [-0.2, 0) is 14.2 Å². The van der Waals surface area contributed by atoms with Gasteiger partial charge in [0, 0.05) is 6.42 Å². The number of hydrogen-bond donors (Lipinski definition) is 5. The molecule has 180 valence electrons. The van der Waals surface area contributed by atoms with E-state index in [-0.39, 0.29) is 54.5 Å². The van der Waals surface area contributed by atoms with E-state index in [0.29, 0.717) is 13.1 Å². The Morgan fingerprint density at radius 3 is 2.77 bits per heavy atom. The Morgan fingerprint density at radius 2 is 2.10 bits per heavy atom. The summed E-state index contributed by atoms with van der Waals surface area (Å²) >= 11 is 0. The molecule has 0 aromatic heterocycles. The van der Waals surface area contributed by atoms with E-state index in [4.69, 9.17) is 14.2 Å². The Balaban J connectivity index is 1.49. The van der Waals surface area contributed by atoms with Crippen LogP contribution >= 0.6 is 21.6 Å². The highest BCUT2D eigenvalue weighted by Gasteiger charge is 2.65. The largest absolute Gasteiger partial charge is 0.394 e. The molecule has 4 saturated heterocycles. The maximum Gasteiger partial charge on any atom is 0.139 e. The molecular formula is C19H38N6O4S2. The molecule has 0 aromatic carbocycles. The molecule has 0 saturated carbocycles. The minimum Gasteiger partial charge on any atom is -0.394 e. The summed E-state index contributed by atoms with van der Waals surface area (Å²) in [7, 11) is 7.44. The van der Waals surface area contributed by atoms with Crippen LogP contribution in [-0.4, -0.2) is 109 Å². The third-order valence-electron chi connectivity index (χ3n) is 6.56. The molecule has 0 amide bonds. The van der Waals surface area contributed by atoms with Crippen LogP contribution in [0.15, 0.2) is 0 Å². The Morgan fingerprint density at radius 1 is 1.32 bits per heavy atom. The van der Waals surface area contributed by atoms with E-state index < -0.39 is 5.79 Å². The van der Waals surface area contributed by atoms with Gasteiger partial charge in [-0.2, -0.15) is 0 Å². The third-order valence-corrected chi connectivity index (χ3v) is 8.52. The lowest BCUT2D eigenvalue weighted by Gasteiger charge is -2.42. The van der Waals surface area contributed by atoms with Crippen LogP contribution in [0.5, 0.6) is 0 Å². The summed E-state index contributed by atoms with van der Waals surface area (Å²) in [5, 5.41) is 24.5. The standard InChI is InChI=1S/C19H38N6O4S2/c1-11(31-30-6)27-12-7-14(28-13(12)8-26)25-10-20-18(2)15-16(29-15)22-19(3,23-17(18)25)21-9-24(4)5/h11-17,20-23,26H,7-10H2,1-6H3/t11-,12?,13?,14?,15?,16?,17?,18?,19?/m1/s1. The topological polar surface area (TPSA) is 106 Å². The van der Waals surface area contributed by atoms with Crippen molar-refractivity contribution < 1.29 is 19.3 Å². The van der Waals surface area contributed by atoms with Gasteiger partial charge in [-0.1, -0.05) is 21.6 Å². The highest BCUT2D eigenvalue weighted by atomic mass is 33.1. The molecule has 8 unspecified atom stereocenters. The molecule has 0 aliphatic carbocycles. The van der Waals surface area contributed by atoms with Crippen LogP contribution in [0.1, 0.15) is 27.2 Å². The number of aliphatic hydroxyl groups is 1. The van der Waals surface area contributed by atoms with Gasteiger partial charge in [0.1, 0.15) is 35.9 Å². The molecule has 4 aliphatic heterocycles. The summed E-state index contributed by atoms with van der Waals surface area (Å²) in [4.78, 5) is 4.40. The van der Waals surface area contributed by atoms with E-state index in [0.717, 1.165) is 6.67 Å². The monoisotopic (exact) mass is 478 g/mol. The average Bonchev–Trinajstić information content (AvgIpc) is 3.27. The zero-order valence-electron chi connectivity index (χ0n) is 19.3. The summed E-state index contributed by atoms with van der Waals surface area (Å²) in [5.41, 5.74) is -0.230. The van der Waals surface area contributed by atoms with Crippen molar-refractivity contribution in [3.8, 4) is 0 Å². The molecule has 4 heterocycles. The van der Waals surface area contributed by atoms with E-state index >= 15 is 0 Å². The lowest BCUT2D eigenvalue weighted by molar-refractivity contribution is -0.101. The first-order valence-corrected chi connectivity index (χ1v) is 13.5. The van der Waals surface area contributed by atoms with Crippen molar-refractivity contribution in [1.82, 2.24) is 31.1 Å². The van der Waals surface area contributed by atoms with Crippen LogP contribution in [0, 0.1) is 0 Å². The first-order chi connectivity index (χ1) is 14.7. The Kier molecular flexibility index (Phi) is 7.49. The van der Waals surface area contributed by atoms with E-state index in [1.165, 1.54) is 0 Å². The second-order valence-electron chi connectivity index (χ2n) is 9.39. The summed E-state index contributed by atoms with van der Waals surface area (Å²) in [6.07, 6.45) is 2.16. The van der Waals surface area contributed by atoms with Crippen molar-refractivity contribution in [2.24, 2.45) is 0 Å². The summed E-state index contributed by atoms with van der Waals surface area (Å²) in [6, 6.07) is 0. The zero-order chi connectivity index (χ0) is 22.4. The molecule has 4 rings (SSSR count). The molecule has 31 heavy (non-hydrogen) atoms. The van der Waals surface area contributed by atoms with Gasteiger partial charge in [0.15, 0.2) is 0 Å². The lowest BCUT2D eigenvalue weighted by Crippen LogP contribution is -2.71. The lowest BCUT2D eigenvalue weighted by atomic mass is 9.94. The maximum atomic E-state index is 9.91. The van der Waals surface area contributed by atoms with Gasteiger partial charge in [-0.3, -0.25) is 26.2 Å². The molecule has 9 atom stereocenters. The van der Waals surface area contributed by atoms with Gasteiger partial charge in [-0.05, 0) is 41.1 Å². The molecule has 12 heteroatoms. The van der Waals surface area contributed by atoms with Crippen molar-refractivity contribution in [2.75, 3.05) is 40.3 Å². The Bertz CT molecular complexity index is 638. The van der Waals surface area contributed by atoms with E-state index in [9.17, 15) is 5.11 Å². The highest BCUT2D eigenvalue weighted by molar-refractivity contribution is 8.76. The predicted octanol–water partition coefficient (Wildman–Crippen LogP) is -0.516. The molecule has 10 nitrogen and oxygen atoms in total. The fraction of sp³-hybridized carbons (Fsp3) is 1.00. The van der Waals surface area contributed by atoms with E-state index in [1.54, 1.807) is 21.6 Å². The third kappa shape index (κ3) is 5.05. The molecule has 4 aliphatic rings. The van der Waals surface area contributed by atoms with Crippen LogP contribution in [0.3, 0.4) is 0 Å². The predicted molar refractivity (Wildman–Crippen MR) is 123 cm³/mol. The summed E-state index contributed by atoms with van der Waals surface area (Å²) < 4.78 is 18.5. The number of nitrogens with zero attached hydrogens (tertiary/aromatic N) is 2. The number of hydrogen-bond acceptors (Lipinski definition) is 12. The highest BCUT2D eigenvalue weighted by Crippen LogP contribution is 2.42. The molecule has 0 spiro atoms. The molecule has 5 N–H and O–H groups in total. The number of rotatable bonds is 9. The van der Waals surface area contributed by atoms with Gasteiger partial charge in [0.2, 0.25) is 0 Å². The van der Waals surface area contributed by atoms with Crippen LogP contribution in [0.25, 0.3) is 0 Å². The summed E-state index contributed by atoms with van der Waals surface area (Å²) in [6.45, 7) is 7.71. The number of fused-ring (bicyclic) bond motifs is 3. The summed E-state index contributed by atoms with van der Waals surface area (Å²) in [5.74, 6) is -0.509. The number of epoxide rings is 1. The van der Waals surface area contributed by atoms with Gasteiger partial charge >= 0.3 is 0 Å². The van der Waals surface area contributed by atoms with E-state index in [2.05, 4.69) is 44.9 Å².